The molecule has 0 aromatic heterocycles. The van der Waals surface area contributed by atoms with E-state index in [1.165, 1.54) is 0 Å². The number of hydrogen-bond acceptors (Lipinski definition) is 4. The van der Waals surface area contributed by atoms with Gasteiger partial charge in [-0.2, -0.15) is 0 Å². The third kappa shape index (κ3) is 3.22. The maximum Gasteiger partial charge on any atom is 0.358 e. The Balaban J connectivity index is 2.38. The van der Waals surface area contributed by atoms with Crippen LogP contribution in [0.15, 0.2) is 0 Å². The predicted molar refractivity (Wildman–Crippen MR) is 50.3 cm³/mol. The SMILES string of the molecule is CC1OCCOP1(=O)OCCCCl. The van der Waals surface area contributed by atoms with E-state index in [0.29, 0.717) is 32.1 Å². The third-order valence-corrected chi connectivity index (χ3v) is 4.10. The number of halogens is 1. The van der Waals surface area contributed by atoms with E-state index < -0.39 is 13.4 Å². The van der Waals surface area contributed by atoms with Crippen LogP contribution in [0.5, 0.6) is 0 Å². The van der Waals surface area contributed by atoms with Gasteiger partial charge in [0.2, 0.25) is 0 Å². The topological polar surface area (TPSA) is 44.8 Å². The summed E-state index contributed by atoms with van der Waals surface area (Å²) < 4.78 is 27.2. The van der Waals surface area contributed by atoms with Crippen LogP contribution < -0.4 is 0 Å². The van der Waals surface area contributed by atoms with Crippen molar-refractivity contribution in [2.45, 2.75) is 19.2 Å². The first kappa shape index (κ1) is 11.5. The van der Waals surface area contributed by atoms with Crippen LogP contribution in [0.25, 0.3) is 0 Å². The Kier molecular flexibility index (Phi) is 4.70. The molecular weight excluding hydrogens is 214 g/mol. The van der Waals surface area contributed by atoms with Crippen molar-refractivity contribution in [2.24, 2.45) is 0 Å². The molecule has 0 aromatic carbocycles. The van der Waals surface area contributed by atoms with Crippen LogP contribution >= 0.6 is 19.2 Å². The van der Waals surface area contributed by atoms with Gasteiger partial charge in [-0.05, 0) is 13.3 Å². The second-order valence-corrected chi connectivity index (χ2v) is 5.42. The van der Waals surface area contributed by atoms with E-state index in [0.717, 1.165) is 0 Å². The van der Waals surface area contributed by atoms with Crippen molar-refractivity contribution in [2.75, 3.05) is 25.7 Å². The first-order chi connectivity index (χ1) is 6.19. The molecule has 0 bridgehead atoms. The third-order valence-electron chi connectivity index (χ3n) is 1.71. The number of hydrogen-bond donors (Lipinski definition) is 0. The van der Waals surface area contributed by atoms with Gasteiger partial charge in [-0.25, -0.2) is 0 Å². The monoisotopic (exact) mass is 228 g/mol. The molecule has 78 valence electrons. The van der Waals surface area contributed by atoms with Crippen molar-refractivity contribution in [3.63, 3.8) is 0 Å². The molecule has 0 N–H and O–H groups in total. The second kappa shape index (κ2) is 5.32. The molecule has 0 radical (unpaired) electrons. The smallest absolute Gasteiger partial charge is 0.358 e. The summed E-state index contributed by atoms with van der Waals surface area (Å²) in [5, 5.41) is 0. The molecule has 1 aliphatic rings. The highest BCUT2D eigenvalue weighted by Gasteiger charge is 2.36. The lowest BCUT2D eigenvalue weighted by molar-refractivity contribution is 0.0186. The van der Waals surface area contributed by atoms with Gasteiger partial charge >= 0.3 is 7.60 Å². The van der Waals surface area contributed by atoms with E-state index in [1.807, 2.05) is 0 Å². The standard InChI is InChI=1S/C7H14ClO4P/c1-7-10-5-6-12-13(7,9)11-4-2-3-8/h7H,2-6H2,1H3. The summed E-state index contributed by atoms with van der Waals surface area (Å²) in [5.74, 6) is 0.0338. The molecule has 1 aliphatic heterocycles. The maximum absolute atomic E-state index is 11.8. The normalized spacial score (nSPS) is 34.8. The van der Waals surface area contributed by atoms with Crippen molar-refractivity contribution >= 4 is 19.2 Å². The Morgan fingerprint density at radius 3 is 3.00 bits per heavy atom. The summed E-state index contributed by atoms with van der Waals surface area (Å²) in [7, 11) is -3.02. The minimum absolute atomic E-state index is 0.336. The molecule has 1 saturated heterocycles. The van der Waals surface area contributed by atoms with Gasteiger partial charge in [0.25, 0.3) is 0 Å². The lowest BCUT2D eigenvalue weighted by atomic mass is 10.5. The molecule has 0 saturated carbocycles. The maximum atomic E-state index is 11.8. The van der Waals surface area contributed by atoms with Crippen molar-refractivity contribution in [3.05, 3.63) is 0 Å². The Bertz CT molecular complexity index is 199. The van der Waals surface area contributed by atoms with Gasteiger partial charge in [-0.3, -0.25) is 4.57 Å². The number of rotatable bonds is 4. The average molecular weight is 229 g/mol. The summed E-state index contributed by atoms with van der Waals surface area (Å²) >= 11 is 5.46. The number of ether oxygens (including phenoxy) is 1. The minimum Gasteiger partial charge on any atom is -0.363 e. The van der Waals surface area contributed by atoms with Crippen molar-refractivity contribution in [3.8, 4) is 0 Å². The zero-order valence-electron chi connectivity index (χ0n) is 7.57. The van der Waals surface area contributed by atoms with Crippen LogP contribution in [0.1, 0.15) is 13.3 Å². The van der Waals surface area contributed by atoms with Crippen LogP contribution in [-0.2, 0) is 18.3 Å². The first-order valence-electron chi connectivity index (χ1n) is 4.25. The highest BCUT2D eigenvalue weighted by Crippen LogP contribution is 2.55. The van der Waals surface area contributed by atoms with Gasteiger partial charge in [-0.15, -0.1) is 11.6 Å². The van der Waals surface area contributed by atoms with Crippen LogP contribution in [0.4, 0.5) is 0 Å². The molecule has 6 heteroatoms. The highest BCUT2D eigenvalue weighted by atomic mass is 35.5. The Morgan fingerprint density at radius 1 is 1.62 bits per heavy atom. The Hall–Kier alpha value is 0.400. The van der Waals surface area contributed by atoms with Gasteiger partial charge in [0, 0.05) is 5.88 Å². The molecule has 0 amide bonds. The zero-order chi connectivity index (χ0) is 9.73. The second-order valence-electron chi connectivity index (χ2n) is 2.72. The van der Waals surface area contributed by atoms with Gasteiger partial charge in [-0.1, -0.05) is 0 Å². The van der Waals surface area contributed by atoms with Crippen molar-refractivity contribution in [1.82, 2.24) is 0 Å². The van der Waals surface area contributed by atoms with E-state index in [4.69, 9.17) is 25.4 Å². The predicted octanol–water partition coefficient (Wildman–Crippen LogP) is 2.22. The van der Waals surface area contributed by atoms with Crippen LogP contribution in [-0.4, -0.2) is 31.5 Å². The van der Waals surface area contributed by atoms with Gasteiger partial charge in [0.1, 0.15) is 0 Å². The molecule has 0 spiro atoms. The van der Waals surface area contributed by atoms with Crippen molar-refractivity contribution < 1.29 is 18.3 Å². The zero-order valence-corrected chi connectivity index (χ0v) is 9.22. The average Bonchev–Trinajstić information content (AvgIpc) is 2.11. The fourth-order valence-corrected chi connectivity index (χ4v) is 2.57. The summed E-state index contributed by atoms with van der Waals surface area (Å²) in [6.45, 7) is 2.86. The molecule has 13 heavy (non-hydrogen) atoms. The van der Waals surface area contributed by atoms with Gasteiger partial charge < -0.3 is 13.8 Å². The quantitative estimate of drug-likeness (QED) is 0.420. The fourth-order valence-electron chi connectivity index (χ4n) is 0.968. The van der Waals surface area contributed by atoms with Crippen LogP contribution in [0, 0.1) is 0 Å². The summed E-state index contributed by atoms with van der Waals surface area (Å²) in [6.07, 6.45) is 0.668. The lowest BCUT2D eigenvalue weighted by Gasteiger charge is -2.28. The summed E-state index contributed by atoms with van der Waals surface area (Å²) in [6, 6.07) is 0. The Morgan fingerprint density at radius 2 is 2.38 bits per heavy atom. The Labute approximate surface area is 83.0 Å². The molecule has 2 atom stereocenters. The van der Waals surface area contributed by atoms with E-state index in [1.54, 1.807) is 6.92 Å². The largest absolute Gasteiger partial charge is 0.363 e. The fraction of sp³-hybridized carbons (Fsp3) is 1.00. The van der Waals surface area contributed by atoms with Gasteiger partial charge in [0.15, 0.2) is 5.85 Å². The molecule has 1 fully saturated rings. The highest BCUT2D eigenvalue weighted by molar-refractivity contribution is 7.54. The first-order valence-corrected chi connectivity index (χ1v) is 6.40. The molecule has 1 rings (SSSR count). The van der Waals surface area contributed by atoms with E-state index in [-0.39, 0.29) is 0 Å². The molecular formula is C7H14ClO4P. The molecule has 1 heterocycles. The van der Waals surface area contributed by atoms with Crippen LogP contribution in [0.3, 0.4) is 0 Å². The molecule has 4 nitrogen and oxygen atoms in total. The van der Waals surface area contributed by atoms with E-state index in [9.17, 15) is 4.57 Å². The minimum atomic E-state index is -3.02. The molecule has 0 aromatic rings. The van der Waals surface area contributed by atoms with Crippen LogP contribution in [0.2, 0.25) is 0 Å². The summed E-state index contributed by atoms with van der Waals surface area (Å²) in [4.78, 5) is 0. The van der Waals surface area contributed by atoms with E-state index in [2.05, 4.69) is 0 Å². The molecule has 0 aliphatic carbocycles. The lowest BCUT2D eigenvalue weighted by Crippen LogP contribution is -2.22. The van der Waals surface area contributed by atoms with Gasteiger partial charge in [0.05, 0.1) is 19.8 Å². The number of alkyl halides is 1. The molecule has 2 unspecified atom stereocenters. The van der Waals surface area contributed by atoms with Crippen molar-refractivity contribution in [1.29, 1.82) is 0 Å². The summed E-state index contributed by atoms with van der Waals surface area (Å²) in [5.41, 5.74) is 0. The van der Waals surface area contributed by atoms with E-state index >= 15 is 0 Å².